The fourth-order valence-corrected chi connectivity index (χ4v) is 10.2. The summed E-state index contributed by atoms with van der Waals surface area (Å²) < 4.78 is 11.2. The van der Waals surface area contributed by atoms with Crippen LogP contribution in [-0.2, 0) is 33.4 Å². The fourth-order valence-electron chi connectivity index (χ4n) is 10.2. The fraction of sp³-hybridized carbons (Fsp3) is 0.857. The van der Waals surface area contributed by atoms with E-state index in [1.54, 1.807) is 0 Å². The number of nitrogens with one attached hydrogen (secondary N) is 1. The first-order valence-electron chi connectivity index (χ1n) is 16.9. The maximum absolute atomic E-state index is 14.0. The summed E-state index contributed by atoms with van der Waals surface area (Å²) in [7, 11) is 0. The van der Waals surface area contributed by atoms with Crippen LogP contribution in [0, 0.1) is 52.3 Å². The van der Waals surface area contributed by atoms with E-state index in [2.05, 4.69) is 26.1 Å². The van der Waals surface area contributed by atoms with Crippen LogP contribution in [0.1, 0.15) is 112 Å². The third-order valence-corrected chi connectivity index (χ3v) is 13.0. The highest BCUT2D eigenvalue weighted by atomic mass is 16.6. The van der Waals surface area contributed by atoms with Crippen LogP contribution in [0.25, 0.3) is 0 Å². The average molecular weight is 600 g/mol. The average Bonchev–Trinajstić information content (AvgIpc) is 3.32. The van der Waals surface area contributed by atoms with E-state index < -0.39 is 11.0 Å². The number of carbonyl (C=O) groups excluding carboxylic acids is 5. The summed E-state index contributed by atoms with van der Waals surface area (Å²) in [6, 6.07) is 0. The van der Waals surface area contributed by atoms with Crippen molar-refractivity contribution in [1.29, 1.82) is 0 Å². The lowest BCUT2D eigenvalue weighted by Gasteiger charge is -2.58. The smallest absolute Gasteiger partial charge is 0.309 e. The standard InChI is InChI=1S/C35H53NO7/c1-21(6-9-30(40)42-17-13-31(41)43-33(2,3)22-11-15-36-16-12-22)25-7-8-26-32-27(20-29(39)35(25,26)5)34(4)14-10-24(37)18-23(34)19-28(32)38/h21-23,25-27,32,36H,6-20H2,1-5H3/t21-,23+,25-,26+,27+,32+,34+,35-/m1/s1. The maximum Gasteiger partial charge on any atom is 0.309 e. The topological polar surface area (TPSA) is 116 Å². The quantitative estimate of drug-likeness (QED) is 0.358. The molecule has 8 atom stereocenters. The van der Waals surface area contributed by atoms with Crippen LogP contribution in [0.15, 0.2) is 0 Å². The molecule has 0 aromatic carbocycles. The van der Waals surface area contributed by atoms with Crippen molar-refractivity contribution >= 4 is 29.3 Å². The first-order chi connectivity index (χ1) is 20.3. The molecule has 0 aromatic heterocycles. The number of fused-ring (bicyclic) bond motifs is 5. The zero-order valence-electron chi connectivity index (χ0n) is 27.0. The Morgan fingerprint density at radius 3 is 2.40 bits per heavy atom. The van der Waals surface area contributed by atoms with Crippen LogP contribution < -0.4 is 5.32 Å². The first-order valence-corrected chi connectivity index (χ1v) is 16.9. The van der Waals surface area contributed by atoms with Crippen LogP contribution in [0.4, 0.5) is 0 Å². The Morgan fingerprint density at radius 1 is 0.953 bits per heavy atom. The van der Waals surface area contributed by atoms with Crippen molar-refractivity contribution in [3.8, 4) is 0 Å². The minimum absolute atomic E-state index is 0.00654. The predicted octanol–water partition coefficient (Wildman–Crippen LogP) is 5.24. The van der Waals surface area contributed by atoms with Gasteiger partial charge in [0.05, 0.1) is 6.42 Å². The van der Waals surface area contributed by atoms with E-state index >= 15 is 0 Å². The minimum atomic E-state index is -0.557. The zero-order chi connectivity index (χ0) is 31.2. The molecule has 0 spiro atoms. The molecule has 4 aliphatic carbocycles. The van der Waals surface area contributed by atoms with E-state index in [0.29, 0.717) is 38.0 Å². The van der Waals surface area contributed by atoms with Crippen LogP contribution in [-0.4, -0.2) is 54.6 Å². The molecule has 0 unspecified atom stereocenters. The molecule has 1 aliphatic heterocycles. The lowest BCUT2D eigenvalue weighted by molar-refractivity contribution is -0.167. The largest absolute Gasteiger partial charge is 0.465 e. The van der Waals surface area contributed by atoms with Crippen LogP contribution in [0.5, 0.6) is 0 Å². The molecule has 4 saturated carbocycles. The van der Waals surface area contributed by atoms with Gasteiger partial charge in [0.15, 0.2) is 0 Å². The van der Waals surface area contributed by atoms with Crippen molar-refractivity contribution in [3.63, 3.8) is 0 Å². The molecule has 0 bridgehead atoms. The van der Waals surface area contributed by atoms with E-state index in [9.17, 15) is 24.0 Å². The summed E-state index contributed by atoms with van der Waals surface area (Å²) in [5, 5.41) is 3.33. The highest BCUT2D eigenvalue weighted by Crippen LogP contribution is 2.66. The normalized spacial score (nSPS) is 37.2. The molecule has 1 heterocycles. The van der Waals surface area contributed by atoms with E-state index in [-0.39, 0.29) is 89.7 Å². The summed E-state index contributed by atoms with van der Waals surface area (Å²) in [5.74, 6) is 0.739. The Balaban J connectivity index is 1.12. The molecule has 0 amide bonds. The molecule has 43 heavy (non-hydrogen) atoms. The van der Waals surface area contributed by atoms with Gasteiger partial charge in [-0.25, -0.2) is 0 Å². The van der Waals surface area contributed by atoms with Crippen molar-refractivity contribution in [1.82, 2.24) is 5.32 Å². The van der Waals surface area contributed by atoms with Crippen LogP contribution in [0.3, 0.4) is 0 Å². The van der Waals surface area contributed by atoms with Gasteiger partial charge in [-0.2, -0.15) is 0 Å². The molecule has 5 rings (SSSR count). The number of rotatable bonds is 9. The second-order valence-electron chi connectivity index (χ2n) is 15.5. The monoisotopic (exact) mass is 599 g/mol. The number of esters is 2. The van der Waals surface area contributed by atoms with Crippen molar-refractivity contribution in [2.24, 2.45) is 52.3 Å². The van der Waals surface area contributed by atoms with Crippen molar-refractivity contribution < 1.29 is 33.4 Å². The molecule has 240 valence electrons. The molecule has 8 heteroatoms. The lowest BCUT2D eigenvalue weighted by Crippen LogP contribution is -2.60. The Morgan fingerprint density at radius 2 is 1.67 bits per heavy atom. The predicted molar refractivity (Wildman–Crippen MR) is 161 cm³/mol. The van der Waals surface area contributed by atoms with E-state index in [4.69, 9.17) is 9.47 Å². The summed E-state index contributed by atoms with van der Waals surface area (Å²) in [6.45, 7) is 12.2. The number of carbonyl (C=O) groups is 5. The highest BCUT2D eigenvalue weighted by Gasteiger charge is 2.66. The molecule has 5 aliphatic rings. The molecule has 1 N–H and O–H groups in total. The van der Waals surface area contributed by atoms with E-state index in [0.717, 1.165) is 45.2 Å². The third kappa shape index (κ3) is 6.11. The number of ether oxygens (including phenoxy) is 2. The second-order valence-corrected chi connectivity index (χ2v) is 15.5. The second kappa shape index (κ2) is 12.4. The van der Waals surface area contributed by atoms with Gasteiger partial charge in [-0.3, -0.25) is 24.0 Å². The number of hydrogen-bond acceptors (Lipinski definition) is 8. The molecule has 0 radical (unpaired) electrons. The van der Waals surface area contributed by atoms with Crippen LogP contribution in [0.2, 0.25) is 0 Å². The molecule has 0 aromatic rings. The molecular weight excluding hydrogens is 546 g/mol. The molecule has 5 fully saturated rings. The lowest BCUT2D eigenvalue weighted by atomic mass is 9.44. The van der Waals surface area contributed by atoms with Crippen molar-refractivity contribution in [2.45, 2.75) is 117 Å². The first kappa shape index (κ1) is 32.3. The maximum atomic E-state index is 14.0. The number of ketones is 3. The van der Waals surface area contributed by atoms with E-state index in [1.165, 1.54) is 0 Å². The van der Waals surface area contributed by atoms with Gasteiger partial charge in [0.2, 0.25) is 0 Å². The van der Waals surface area contributed by atoms with Crippen molar-refractivity contribution in [2.75, 3.05) is 19.7 Å². The summed E-state index contributed by atoms with van der Waals surface area (Å²) in [5.41, 5.74) is -1.22. The third-order valence-electron chi connectivity index (χ3n) is 13.0. The Labute approximate surface area is 257 Å². The minimum Gasteiger partial charge on any atom is -0.465 e. The summed E-state index contributed by atoms with van der Waals surface area (Å²) in [6.07, 6.45) is 7.31. The molecule has 1 saturated heterocycles. The van der Waals surface area contributed by atoms with Gasteiger partial charge in [-0.05, 0) is 100 Å². The SMILES string of the molecule is C[C@H](CCC(=O)OCCC(=O)OC(C)(C)C1CCNCC1)[C@H]1CC[C@H]2[C@@H]3C(=O)C[C@@H]4CC(=O)CC[C@]4(C)[C@H]3CC(=O)[C@]12C. The zero-order valence-corrected chi connectivity index (χ0v) is 27.0. The number of Topliss-reactive ketones (excluding diaryl/α,β-unsaturated/α-hetero) is 3. The van der Waals surface area contributed by atoms with Crippen LogP contribution >= 0.6 is 0 Å². The number of hydrogen-bond donors (Lipinski definition) is 1. The summed E-state index contributed by atoms with van der Waals surface area (Å²) >= 11 is 0. The van der Waals surface area contributed by atoms with Gasteiger partial charge < -0.3 is 14.8 Å². The van der Waals surface area contributed by atoms with Gasteiger partial charge >= 0.3 is 11.9 Å². The highest BCUT2D eigenvalue weighted by molar-refractivity contribution is 5.93. The van der Waals surface area contributed by atoms with Gasteiger partial charge in [0.1, 0.15) is 29.6 Å². The molecular formula is C35H53NO7. The van der Waals surface area contributed by atoms with Gasteiger partial charge in [-0.1, -0.05) is 20.8 Å². The van der Waals surface area contributed by atoms with Crippen molar-refractivity contribution in [3.05, 3.63) is 0 Å². The van der Waals surface area contributed by atoms with E-state index in [1.807, 2.05) is 13.8 Å². The van der Waals surface area contributed by atoms with Gasteiger partial charge in [-0.15, -0.1) is 0 Å². The molecule has 8 nitrogen and oxygen atoms in total. The Kier molecular flexibility index (Phi) is 9.29. The van der Waals surface area contributed by atoms with Gasteiger partial charge in [0, 0.05) is 49.4 Å². The Hall–Kier alpha value is -2.09. The van der Waals surface area contributed by atoms with Gasteiger partial charge in [0.25, 0.3) is 0 Å². The summed E-state index contributed by atoms with van der Waals surface area (Å²) in [4.78, 5) is 64.9. The number of piperidine rings is 1. The Bertz CT molecular complexity index is 1130.